The fourth-order valence-electron chi connectivity index (χ4n) is 9.13. The highest BCUT2D eigenvalue weighted by atomic mass is 16.6. The van der Waals surface area contributed by atoms with Crippen molar-refractivity contribution in [3.63, 3.8) is 0 Å². The summed E-state index contributed by atoms with van der Waals surface area (Å²) in [6.45, 7) is 6.49. The number of carbonyl (C=O) groups excluding carboxylic acids is 3. The first-order valence-corrected chi connectivity index (χ1v) is 32.7. The second kappa shape index (κ2) is 64.9. The summed E-state index contributed by atoms with van der Waals surface area (Å²) in [5.74, 6) is -0.891. The van der Waals surface area contributed by atoms with Crippen molar-refractivity contribution in [3.05, 3.63) is 97.2 Å². The topological polar surface area (TPSA) is 78.9 Å². The molecule has 0 spiro atoms. The second-order valence-electron chi connectivity index (χ2n) is 21.6. The number of ether oxygens (including phenoxy) is 3. The predicted octanol–water partition coefficient (Wildman–Crippen LogP) is 22.4. The second-order valence-corrected chi connectivity index (χ2v) is 21.6. The highest BCUT2D eigenvalue weighted by Gasteiger charge is 2.19. The molecule has 0 radical (unpaired) electrons. The van der Waals surface area contributed by atoms with Crippen LogP contribution in [0.5, 0.6) is 0 Å². The summed E-state index contributed by atoms with van der Waals surface area (Å²) in [6.07, 6.45) is 87.0. The molecule has 6 nitrogen and oxygen atoms in total. The van der Waals surface area contributed by atoms with Crippen molar-refractivity contribution in [2.75, 3.05) is 13.2 Å². The van der Waals surface area contributed by atoms with E-state index >= 15 is 0 Å². The lowest BCUT2D eigenvalue weighted by Gasteiger charge is -2.18. The highest BCUT2D eigenvalue weighted by molar-refractivity contribution is 5.71. The van der Waals surface area contributed by atoms with Gasteiger partial charge in [0.1, 0.15) is 13.2 Å². The Bertz CT molecular complexity index is 1510. The van der Waals surface area contributed by atoms with Gasteiger partial charge in [0.05, 0.1) is 0 Å². The first-order chi connectivity index (χ1) is 38.0. The molecule has 0 aromatic rings. The minimum Gasteiger partial charge on any atom is -0.462 e. The number of esters is 3. The Morgan fingerprint density at radius 1 is 0.273 bits per heavy atom. The lowest BCUT2D eigenvalue weighted by Crippen LogP contribution is -2.30. The van der Waals surface area contributed by atoms with Gasteiger partial charge >= 0.3 is 17.9 Å². The summed E-state index contributed by atoms with van der Waals surface area (Å²) >= 11 is 0. The molecule has 0 fully saturated rings. The number of unbranched alkanes of at least 4 members (excludes halogenated alkanes) is 32. The summed E-state index contributed by atoms with van der Waals surface area (Å²) in [6, 6.07) is 0. The molecule has 77 heavy (non-hydrogen) atoms. The van der Waals surface area contributed by atoms with Crippen LogP contribution in [0.25, 0.3) is 0 Å². The van der Waals surface area contributed by atoms with E-state index < -0.39 is 6.10 Å². The molecule has 0 aromatic heterocycles. The molecule has 0 aromatic carbocycles. The fourth-order valence-corrected chi connectivity index (χ4v) is 9.13. The van der Waals surface area contributed by atoms with E-state index in [1.54, 1.807) is 0 Å². The number of allylic oxidation sites excluding steroid dienone is 16. The Labute approximate surface area is 477 Å². The third kappa shape index (κ3) is 63.0. The van der Waals surface area contributed by atoms with Gasteiger partial charge in [-0.3, -0.25) is 14.4 Å². The summed E-state index contributed by atoms with van der Waals surface area (Å²) in [7, 11) is 0. The van der Waals surface area contributed by atoms with Crippen molar-refractivity contribution in [1.29, 1.82) is 0 Å². The van der Waals surface area contributed by atoms with Crippen LogP contribution in [0.1, 0.15) is 316 Å². The van der Waals surface area contributed by atoms with Crippen LogP contribution in [0, 0.1) is 0 Å². The lowest BCUT2D eigenvalue weighted by molar-refractivity contribution is -0.167. The van der Waals surface area contributed by atoms with Gasteiger partial charge < -0.3 is 14.2 Å². The molecule has 0 rings (SSSR count). The van der Waals surface area contributed by atoms with Gasteiger partial charge in [0.2, 0.25) is 0 Å². The number of carbonyl (C=O) groups is 3. The Balaban J connectivity index is 4.29. The molecule has 0 aliphatic rings. The Hall–Kier alpha value is -3.67. The van der Waals surface area contributed by atoms with Gasteiger partial charge in [0.15, 0.2) is 6.10 Å². The molecule has 0 amide bonds. The fraction of sp³-hybridized carbons (Fsp3) is 0.732. The van der Waals surface area contributed by atoms with E-state index in [2.05, 4.69) is 118 Å². The third-order valence-corrected chi connectivity index (χ3v) is 14.0. The van der Waals surface area contributed by atoms with Crippen LogP contribution in [0.3, 0.4) is 0 Å². The molecule has 0 aliphatic heterocycles. The standard InChI is InChI=1S/C71H122O6/c1-4-7-10-13-16-19-22-24-26-28-30-32-34-35-37-38-40-42-44-46-49-52-55-58-61-64-70(73)76-67-68(66-75-69(72)63-60-57-54-51-48-21-18-15-12-9-6-3)77-71(74)65-62-59-56-53-50-47-45-43-41-39-36-33-31-29-27-25-23-20-17-14-11-8-5-2/h7,10,15-16,18-19,23-26,29-32,35,37,68H,4-6,8-9,11-14,17,20-22,27-28,33-34,36,38-67H2,1-3H3/b10-7-,18-15-,19-16-,25-23-,26-24-,31-29-,32-30-,37-35-. The lowest BCUT2D eigenvalue weighted by atomic mass is 10.0. The van der Waals surface area contributed by atoms with E-state index in [4.69, 9.17) is 14.2 Å². The van der Waals surface area contributed by atoms with Crippen molar-refractivity contribution < 1.29 is 28.6 Å². The normalized spacial score (nSPS) is 12.7. The van der Waals surface area contributed by atoms with Gasteiger partial charge in [0.25, 0.3) is 0 Å². The van der Waals surface area contributed by atoms with Gasteiger partial charge in [-0.25, -0.2) is 0 Å². The monoisotopic (exact) mass is 1070 g/mol. The van der Waals surface area contributed by atoms with Gasteiger partial charge in [-0.2, -0.15) is 0 Å². The first-order valence-electron chi connectivity index (χ1n) is 32.7. The molecule has 0 saturated heterocycles. The molecule has 0 aliphatic carbocycles. The van der Waals surface area contributed by atoms with Gasteiger partial charge in [-0.05, 0) is 116 Å². The summed E-state index contributed by atoms with van der Waals surface area (Å²) in [5, 5.41) is 0. The molecule has 0 heterocycles. The van der Waals surface area contributed by atoms with E-state index in [0.717, 1.165) is 109 Å². The zero-order valence-corrected chi connectivity index (χ0v) is 50.7. The maximum atomic E-state index is 12.9. The average Bonchev–Trinajstić information content (AvgIpc) is 3.43. The van der Waals surface area contributed by atoms with E-state index in [0.29, 0.717) is 19.3 Å². The minimum absolute atomic E-state index is 0.0832. The van der Waals surface area contributed by atoms with E-state index in [-0.39, 0.29) is 31.1 Å². The van der Waals surface area contributed by atoms with Gasteiger partial charge in [0, 0.05) is 19.3 Å². The molecule has 442 valence electrons. The average molecular weight is 1070 g/mol. The van der Waals surface area contributed by atoms with Crippen LogP contribution in [0.15, 0.2) is 97.2 Å². The van der Waals surface area contributed by atoms with Crippen LogP contribution >= 0.6 is 0 Å². The Kier molecular flexibility index (Phi) is 61.8. The maximum Gasteiger partial charge on any atom is 0.306 e. The molecule has 6 heteroatoms. The maximum absolute atomic E-state index is 12.9. The Morgan fingerprint density at radius 3 is 0.844 bits per heavy atom. The van der Waals surface area contributed by atoms with Crippen LogP contribution in [0.4, 0.5) is 0 Å². The van der Waals surface area contributed by atoms with Crippen LogP contribution in [0.2, 0.25) is 0 Å². The number of rotatable bonds is 59. The van der Waals surface area contributed by atoms with Crippen LogP contribution in [-0.2, 0) is 28.6 Å². The summed E-state index contributed by atoms with van der Waals surface area (Å²) in [5.41, 5.74) is 0. The van der Waals surface area contributed by atoms with Gasteiger partial charge in [-0.1, -0.05) is 279 Å². The van der Waals surface area contributed by atoms with E-state index in [1.807, 2.05) is 0 Å². The van der Waals surface area contributed by atoms with Crippen molar-refractivity contribution in [1.82, 2.24) is 0 Å². The zero-order valence-electron chi connectivity index (χ0n) is 50.7. The van der Waals surface area contributed by atoms with Crippen LogP contribution < -0.4 is 0 Å². The highest BCUT2D eigenvalue weighted by Crippen LogP contribution is 2.16. The molecule has 1 atom stereocenters. The molecule has 0 saturated carbocycles. The van der Waals surface area contributed by atoms with Crippen molar-refractivity contribution in [3.8, 4) is 0 Å². The first kappa shape index (κ1) is 73.3. The molecule has 0 N–H and O–H groups in total. The van der Waals surface area contributed by atoms with Crippen molar-refractivity contribution in [2.45, 2.75) is 322 Å². The predicted molar refractivity (Wildman–Crippen MR) is 334 cm³/mol. The summed E-state index contributed by atoms with van der Waals surface area (Å²) in [4.78, 5) is 38.3. The smallest absolute Gasteiger partial charge is 0.306 e. The quantitative estimate of drug-likeness (QED) is 0.0261. The van der Waals surface area contributed by atoms with E-state index in [1.165, 1.54) is 167 Å². The number of hydrogen-bond donors (Lipinski definition) is 0. The van der Waals surface area contributed by atoms with Crippen LogP contribution in [-0.4, -0.2) is 37.2 Å². The van der Waals surface area contributed by atoms with Gasteiger partial charge in [-0.15, -0.1) is 0 Å². The number of hydrogen-bond acceptors (Lipinski definition) is 6. The largest absolute Gasteiger partial charge is 0.462 e. The molecular weight excluding hydrogens is 949 g/mol. The molecule has 1 unspecified atom stereocenters. The van der Waals surface area contributed by atoms with Crippen molar-refractivity contribution >= 4 is 17.9 Å². The minimum atomic E-state index is -0.786. The SMILES string of the molecule is CC/C=C\C/C=C\C/C=C\C/C=C\C/C=C\CCCCCCCCCCCC(=O)OCC(COC(=O)CCCCCCC/C=C\CCCC)OC(=O)CCCCCCCCCCCCC/C=C\C/C=C\CCCCCCC. The summed E-state index contributed by atoms with van der Waals surface area (Å²) < 4.78 is 16.9. The molecular formula is C71H122O6. The van der Waals surface area contributed by atoms with Crippen molar-refractivity contribution in [2.24, 2.45) is 0 Å². The Morgan fingerprint density at radius 2 is 0.519 bits per heavy atom. The zero-order chi connectivity index (χ0) is 55.7. The van der Waals surface area contributed by atoms with E-state index in [9.17, 15) is 14.4 Å². The molecule has 0 bridgehead atoms. The third-order valence-electron chi connectivity index (χ3n) is 14.0.